The Hall–Kier alpha value is -1.39. The summed E-state index contributed by atoms with van der Waals surface area (Å²) in [5.41, 5.74) is -0.506. The number of hydrogen-bond donors (Lipinski definition) is 0. The first-order chi connectivity index (χ1) is 7.43. The van der Waals surface area contributed by atoms with Gasteiger partial charge in [-0.05, 0) is 6.42 Å². The van der Waals surface area contributed by atoms with Gasteiger partial charge in [-0.2, -0.15) is 0 Å². The topological polar surface area (TPSA) is 69.7 Å². The molecule has 1 aliphatic carbocycles. The fourth-order valence-corrected chi connectivity index (χ4v) is 1.80. The summed E-state index contributed by atoms with van der Waals surface area (Å²) < 4.78 is 9.85. The molecule has 0 saturated heterocycles. The van der Waals surface area contributed by atoms with Gasteiger partial charge < -0.3 is 9.47 Å². The smallest absolute Gasteiger partial charge is 0.302 e. The van der Waals surface area contributed by atoms with Crippen molar-refractivity contribution in [1.29, 1.82) is 0 Å². The van der Waals surface area contributed by atoms with Crippen molar-refractivity contribution in [2.24, 2.45) is 5.41 Å². The highest BCUT2D eigenvalue weighted by Crippen LogP contribution is 2.36. The van der Waals surface area contributed by atoms with Gasteiger partial charge in [-0.25, -0.2) is 0 Å². The maximum atomic E-state index is 11.3. The predicted octanol–water partition coefficient (Wildman–Crippen LogP) is 0.852. The van der Waals surface area contributed by atoms with E-state index in [2.05, 4.69) is 0 Å². The van der Waals surface area contributed by atoms with Crippen molar-refractivity contribution in [3.8, 4) is 0 Å². The molecule has 0 atom stereocenters. The van der Waals surface area contributed by atoms with Gasteiger partial charge in [0.2, 0.25) is 0 Å². The molecule has 1 rings (SSSR count). The Bertz CT molecular complexity index is 289. The van der Waals surface area contributed by atoms with E-state index >= 15 is 0 Å². The zero-order chi connectivity index (χ0) is 12.2. The van der Waals surface area contributed by atoms with E-state index in [1.165, 1.54) is 13.8 Å². The largest absolute Gasteiger partial charge is 0.465 e. The number of carbonyl (C=O) groups excluding carboxylic acids is 3. The average Bonchev–Trinajstić information content (AvgIpc) is 2.55. The van der Waals surface area contributed by atoms with Gasteiger partial charge in [0.25, 0.3) is 0 Å². The summed E-state index contributed by atoms with van der Waals surface area (Å²) in [5.74, 6) is -0.651. The van der Waals surface area contributed by atoms with Crippen molar-refractivity contribution in [2.75, 3.05) is 13.2 Å². The minimum atomic E-state index is -0.506. The number of ketones is 1. The molecule has 16 heavy (non-hydrogen) atoms. The zero-order valence-corrected chi connectivity index (χ0v) is 9.58. The Morgan fingerprint density at radius 3 is 2.00 bits per heavy atom. The van der Waals surface area contributed by atoms with E-state index in [4.69, 9.17) is 9.47 Å². The first-order valence-corrected chi connectivity index (χ1v) is 5.22. The van der Waals surface area contributed by atoms with Crippen LogP contribution in [0.2, 0.25) is 0 Å². The van der Waals surface area contributed by atoms with Crippen LogP contribution in [-0.2, 0) is 23.9 Å². The monoisotopic (exact) mass is 228 g/mol. The van der Waals surface area contributed by atoms with Crippen LogP contribution in [0.15, 0.2) is 0 Å². The molecule has 0 unspecified atom stereocenters. The van der Waals surface area contributed by atoms with Crippen LogP contribution in [0.4, 0.5) is 0 Å². The summed E-state index contributed by atoms with van der Waals surface area (Å²) in [4.78, 5) is 32.8. The fraction of sp³-hybridized carbons (Fsp3) is 0.727. The molecule has 0 radical (unpaired) electrons. The molecule has 5 nitrogen and oxygen atoms in total. The van der Waals surface area contributed by atoms with E-state index < -0.39 is 5.41 Å². The van der Waals surface area contributed by atoms with E-state index in [0.29, 0.717) is 19.3 Å². The van der Waals surface area contributed by atoms with Crippen LogP contribution in [0.25, 0.3) is 0 Å². The predicted molar refractivity (Wildman–Crippen MR) is 54.6 cm³/mol. The highest BCUT2D eigenvalue weighted by molar-refractivity contribution is 5.81. The van der Waals surface area contributed by atoms with Gasteiger partial charge in [0.1, 0.15) is 19.0 Å². The summed E-state index contributed by atoms with van der Waals surface area (Å²) in [6.45, 7) is 2.91. The van der Waals surface area contributed by atoms with Gasteiger partial charge in [0.05, 0.1) is 0 Å². The van der Waals surface area contributed by atoms with E-state index in [0.717, 1.165) is 0 Å². The van der Waals surface area contributed by atoms with Gasteiger partial charge in [0, 0.05) is 32.1 Å². The van der Waals surface area contributed by atoms with Crippen LogP contribution in [0.1, 0.15) is 33.1 Å². The second-order valence-electron chi connectivity index (χ2n) is 4.28. The third-order valence-electron chi connectivity index (χ3n) is 2.67. The molecule has 1 saturated carbocycles. The molecule has 5 heteroatoms. The molecule has 0 heterocycles. The second kappa shape index (κ2) is 5.09. The first-order valence-electron chi connectivity index (χ1n) is 5.22. The van der Waals surface area contributed by atoms with Crippen LogP contribution in [0.5, 0.6) is 0 Å². The van der Waals surface area contributed by atoms with Crippen molar-refractivity contribution >= 4 is 17.7 Å². The van der Waals surface area contributed by atoms with Crippen LogP contribution in [0, 0.1) is 5.41 Å². The standard InChI is InChI=1S/C11H16O5/c1-8(12)15-6-11(7-16-9(2)13)4-3-10(14)5-11/h3-7H2,1-2H3. The minimum absolute atomic E-state index is 0.124. The summed E-state index contributed by atoms with van der Waals surface area (Å²) in [6.07, 6.45) is 1.38. The van der Waals surface area contributed by atoms with Crippen LogP contribution in [-0.4, -0.2) is 30.9 Å². The number of hydrogen-bond acceptors (Lipinski definition) is 5. The molecule has 0 aromatic carbocycles. The Morgan fingerprint density at radius 1 is 1.19 bits per heavy atom. The molecule has 0 amide bonds. The van der Waals surface area contributed by atoms with E-state index in [1.807, 2.05) is 0 Å². The van der Waals surface area contributed by atoms with Crippen LogP contribution >= 0.6 is 0 Å². The van der Waals surface area contributed by atoms with Gasteiger partial charge in [0.15, 0.2) is 0 Å². The lowest BCUT2D eigenvalue weighted by Crippen LogP contribution is -2.31. The summed E-state index contributed by atoms with van der Waals surface area (Å²) in [6, 6.07) is 0. The van der Waals surface area contributed by atoms with E-state index in [1.54, 1.807) is 0 Å². The van der Waals surface area contributed by atoms with Gasteiger partial charge in [-0.1, -0.05) is 0 Å². The molecule has 0 aliphatic heterocycles. The molecular weight excluding hydrogens is 212 g/mol. The van der Waals surface area contributed by atoms with Gasteiger partial charge in [-0.15, -0.1) is 0 Å². The number of Topliss-reactive ketones (excluding diaryl/α,β-unsaturated/α-hetero) is 1. The Morgan fingerprint density at radius 2 is 1.69 bits per heavy atom. The zero-order valence-electron chi connectivity index (χ0n) is 9.58. The third-order valence-corrected chi connectivity index (χ3v) is 2.67. The van der Waals surface area contributed by atoms with Crippen LogP contribution in [0.3, 0.4) is 0 Å². The Labute approximate surface area is 94.1 Å². The quantitative estimate of drug-likeness (QED) is 0.667. The lowest BCUT2D eigenvalue weighted by atomic mass is 9.88. The summed E-state index contributed by atoms with van der Waals surface area (Å²) in [5, 5.41) is 0. The summed E-state index contributed by atoms with van der Waals surface area (Å²) in [7, 11) is 0. The van der Waals surface area contributed by atoms with Crippen molar-refractivity contribution in [3.05, 3.63) is 0 Å². The van der Waals surface area contributed by atoms with Crippen molar-refractivity contribution < 1.29 is 23.9 Å². The highest BCUT2D eigenvalue weighted by Gasteiger charge is 2.40. The Balaban J connectivity index is 2.57. The first kappa shape index (κ1) is 12.7. The molecule has 0 bridgehead atoms. The number of carbonyl (C=O) groups is 3. The van der Waals surface area contributed by atoms with E-state index in [-0.39, 0.29) is 30.9 Å². The van der Waals surface area contributed by atoms with Gasteiger partial charge in [-0.3, -0.25) is 14.4 Å². The summed E-state index contributed by atoms with van der Waals surface area (Å²) >= 11 is 0. The number of ether oxygens (including phenoxy) is 2. The maximum absolute atomic E-state index is 11.3. The average molecular weight is 228 g/mol. The highest BCUT2D eigenvalue weighted by atomic mass is 16.5. The van der Waals surface area contributed by atoms with Crippen molar-refractivity contribution in [2.45, 2.75) is 33.1 Å². The maximum Gasteiger partial charge on any atom is 0.302 e. The molecule has 1 aliphatic rings. The molecule has 0 aromatic rings. The van der Waals surface area contributed by atoms with Crippen molar-refractivity contribution in [3.63, 3.8) is 0 Å². The molecule has 1 fully saturated rings. The Kier molecular flexibility index (Phi) is 4.04. The SMILES string of the molecule is CC(=O)OCC1(COC(C)=O)CCC(=O)C1. The van der Waals surface area contributed by atoms with Crippen molar-refractivity contribution in [1.82, 2.24) is 0 Å². The third kappa shape index (κ3) is 3.64. The number of esters is 2. The lowest BCUT2D eigenvalue weighted by Gasteiger charge is -2.26. The van der Waals surface area contributed by atoms with Gasteiger partial charge >= 0.3 is 11.9 Å². The molecular formula is C11H16O5. The minimum Gasteiger partial charge on any atom is -0.465 e. The fourth-order valence-electron chi connectivity index (χ4n) is 1.80. The molecule has 0 spiro atoms. The number of rotatable bonds is 4. The molecule has 0 aromatic heterocycles. The van der Waals surface area contributed by atoms with Crippen LogP contribution < -0.4 is 0 Å². The normalized spacial score (nSPS) is 18.2. The second-order valence-corrected chi connectivity index (χ2v) is 4.28. The molecule has 0 N–H and O–H groups in total. The lowest BCUT2D eigenvalue weighted by molar-refractivity contribution is -0.151. The molecule has 90 valence electrons. The van der Waals surface area contributed by atoms with E-state index in [9.17, 15) is 14.4 Å².